The summed E-state index contributed by atoms with van der Waals surface area (Å²) >= 11 is 0. The van der Waals surface area contributed by atoms with Gasteiger partial charge in [0.25, 0.3) is 5.56 Å². The van der Waals surface area contributed by atoms with Crippen LogP contribution >= 0.6 is 0 Å². The molecular weight excluding hydrogens is 322 g/mol. The average Bonchev–Trinajstić information content (AvgIpc) is 2.66. The Labute approximate surface area is 144 Å². The predicted octanol–water partition coefficient (Wildman–Crippen LogP) is 2.06. The van der Waals surface area contributed by atoms with Crippen LogP contribution in [0.4, 0.5) is 0 Å². The van der Waals surface area contributed by atoms with Gasteiger partial charge in [0.05, 0.1) is 33.0 Å². The van der Waals surface area contributed by atoms with Crippen molar-refractivity contribution in [2.75, 3.05) is 21.3 Å². The van der Waals surface area contributed by atoms with Crippen LogP contribution in [0.15, 0.2) is 41.7 Å². The normalized spacial score (nSPS) is 10.7. The van der Waals surface area contributed by atoms with Crippen molar-refractivity contribution < 1.29 is 14.2 Å². The highest BCUT2D eigenvalue weighted by Gasteiger charge is 2.19. The van der Waals surface area contributed by atoms with Crippen LogP contribution in [0.1, 0.15) is 5.56 Å². The fourth-order valence-corrected chi connectivity index (χ4v) is 2.73. The summed E-state index contributed by atoms with van der Waals surface area (Å²) in [5.41, 5.74) is 1.40. The van der Waals surface area contributed by atoms with E-state index >= 15 is 0 Å². The number of rotatable bonds is 6. The molecule has 25 heavy (non-hydrogen) atoms. The van der Waals surface area contributed by atoms with Crippen LogP contribution in [-0.2, 0) is 13.0 Å². The lowest BCUT2D eigenvalue weighted by Crippen LogP contribution is -2.22. The molecule has 0 aliphatic heterocycles. The number of nitrogens with zero attached hydrogens (tertiary/aromatic N) is 3. The van der Waals surface area contributed by atoms with Crippen LogP contribution in [0.2, 0.25) is 0 Å². The minimum absolute atomic E-state index is 0.154. The molecule has 7 nitrogen and oxygen atoms in total. The van der Waals surface area contributed by atoms with Crippen LogP contribution in [0.5, 0.6) is 17.2 Å². The Kier molecular flexibility index (Phi) is 4.83. The molecule has 0 aliphatic rings. The number of hydrogen-bond acceptors (Lipinski definition) is 6. The maximum Gasteiger partial charge on any atom is 0.261 e. The third-order valence-corrected chi connectivity index (χ3v) is 4.01. The molecule has 7 heteroatoms. The monoisotopic (exact) mass is 341 g/mol. The Balaban J connectivity index is 2.06. The minimum atomic E-state index is -0.154. The standard InChI is InChI=1S/C18H19N3O4/c1-23-14-10-13-15(17(25-3)16(14)24-2)20-11-21(18(13)22)9-6-12-4-7-19-8-5-12/h4-5,7-8,10-11H,6,9H2,1-3H3. The molecule has 0 saturated heterocycles. The van der Waals surface area contributed by atoms with Gasteiger partial charge >= 0.3 is 0 Å². The Morgan fingerprint density at radius 2 is 1.76 bits per heavy atom. The van der Waals surface area contributed by atoms with E-state index in [9.17, 15) is 4.79 Å². The van der Waals surface area contributed by atoms with Gasteiger partial charge in [-0.25, -0.2) is 4.98 Å². The second kappa shape index (κ2) is 7.21. The Morgan fingerprint density at radius 1 is 1.04 bits per heavy atom. The van der Waals surface area contributed by atoms with Crippen molar-refractivity contribution in [2.45, 2.75) is 13.0 Å². The zero-order valence-corrected chi connectivity index (χ0v) is 14.4. The molecule has 0 radical (unpaired) electrons. The van der Waals surface area contributed by atoms with Crippen molar-refractivity contribution >= 4 is 10.9 Å². The van der Waals surface area contributed by atoms with Crippen molar-refractivity contribution in [1.29, 1.82) is 0 Å². The first-order valence-electron chi connectivity index (χ1n) is 7.76. The van der Waals surface area contributed by atoms with E-state index in [-0.39, 0.29) is 5.56 Å². The second-order valence-electron chi connectivity index (χ2n) is 5.39. The molecule has 0 spiro atoms. The van der Waals surface area contributed by atoms with Gasteiger partial charge in [-0.3, -0.25) is 14.3 Å². The largest absolute Gasteiger partial charge is 0.493 e. The summed E-state index contributed by atoms with van der Waals surface area (Å²) in [7, 11) is 4.54. The molecule has 0 atom stereocenters. The summed E-state index contributed by atoms with van der Waals surface area (Å²) in [5, 5.41) is 0.423. The molecular formula is C18H19N3O4. The van der Waals surface area contributed by atoms with E-state index in [2.05, 4.69) is 9.97 Å². The minimum Gasteiger partial charge on any atom is -0.493 e. The molecule has 2 heterocycles. The summed E-state index contributed by atoms with van der Waals surface area (Å²) in [6.45, 7) is 0.516. The first kappa shape index (κ1) is 16.8. The van der Waals surface area contributed by atoms with Crippen molar-refractivity contribution in [2.24, 2.45) is 0 Å². The summed E-state index contributed by atoms with van der Waals surface area (Å²) in [6.07, 6.45) is 5.71. The number of pyridine rings is 1. The Morgan fingerprint density at radius 3 is 2.40 bits per heavy atom. The number of ether oxygens (including phenoxy) is 3. The Hall–Kier alpha value is -3.09. The molecule has 0 amide bonds. The number of methoxy groups -OCH3 is 3. The van der Waals surface area contributed by atoms with Gasteiger partial charge in [0.15, 0.2) is 11.5 Å². The fraction of sp³-hybridized carbons (Fsp3) is 0.278. The van der Waals surface area contributed by atoms with Crippen LogP contribution in [0, 0.1) is 0 Å². The summed E-state index contributed by atoms with van der Waals surface area (Å²) < 4.78 is 17.6. The van der Waals surface area contributed by atoms with E-state index in [0.29, 0.717) is 41.1 Å². The van der Waals surface area contributed by atoms with Crippen LogP contribution in [-0.4, -0.2) is 35.9 Å². The smallest absolute Gasteiger partial charge is 0.261 e. The van der Waals surface area contributed by atoms with Crippen molar-refractivity contribution in [3.05, 3.63) is 52.8 Å². The molecule has 0 N–H and O–H groups in total. The van der Waals surface area contributed by atoms with Crippen LogP contribution in [0.25, 0.3) is 10.9 Å². The maximum atomic E-state index is 12.8. The lowest BCUT2D eigenvalue weighted by Gasteiger charge is -2.14. The quantitative estimate of drug-likeness (QED) is 0.683. The zero-order chi connectivity index (χ0) is 17.8. The fourth-order valence-electron chi connectivity index (χ4n) is 2.73. The number of fused-ring (bicyclic) bond motifs is 1. The lowest BCUT2D eigenvalue weighted by molar-refractivity contribution is 0.326. The Bertz CT molecular complexity index is 938. The van der Waals surface area contributed by atoms with E-state index in [0.717, 1.165) is 5.56 Å². The second-order valence-corrected chi connectivity index (χ2v) is 5.39. The number of aryl methyl sites for hydroxylation is 2. The summed E-state index contributed by atoms with van der Waals surface area (Å²) in [5.74, 6) is 1.23. The molecule has 2 aromatic heterocycles. The van der Waals surface area contributed by atoms with Crippen molar-refractivity contribution in [3.63, 3.8) is 0 Å². The SMILES string of the molecule is COc1cc2c(=O)n(CCc3ccncc3)cnc2c(OC)c1OC. The van der Waals surface area contributed by atoms with Gasteiger partial charge in [-0.2, -0.15) is 0 Å². The van der Waals surface area contributed by atoms with Gasteiger partial charge in [0, 0.05) is 18.9 Å². The highest BCUT2D eigenvalue weighted by molar-refractivity contribution is 5.89. The highest BCUT2D eigenvalue weighted by Crippen LogP contribution is 2.41. The number of benzene rings is 1. The molecule has 3 rings (SSSR count). The highest BCUT2D eigenvalue weighted by atomic mass is 16.5. The number of hydrogen-bond donors (Lipinski definition) is 0. The molecule has 130 valence electrons. The molecule has 0 fully saturated rings. The molecule has 0 saturated carbocycles. The van der Waals surface area contributed by atoms with Crippen LogP contribution in [0.3, 0.4) is 0 Å². The first-order chi connectivity index (χ1) is 12.2. The van der Waals surface area contributed by atoms with E-state index in [4.69, 9.17) is 14.2 Å². The van der Waals surface area contributed by atoms with Crippen LogP contribution < -0.4 is 19.8 Å². The van der Waals surface area contributed by atoms with E-state index < -0.39 is 0 Å². The van der Waals surface area contributed by atoms with E-state index in [1.165, 1.54) is 27.7 Å². The van der Waals surface area contributed by atoms with Gasteiger partial charge in [-0.05, 0) is 30.2 Å². The van der Waals surface area contributed by atoms with Gasteiger partial charge in [-0.15, -0.1) is 0 Å². The summed E-state index contributed by atoms with van der Waals surface area (Å²) in [4.78, 5) is 21.2. The lowest BCUT2D eigenvalue weighted by atomic mass is 10.2. The van der Waals surface area contributed by atoms with E-state index in [1.54, 1.807) is 23.0 Å². The first-order valence-corrected chi connectivity index (χ1v) is 7.76. The average molecular weight is 341 g/mol. The van der Waals surface area contributed by atoms with Crippen molar-refractivity contribution in [1.82, 2.24) is 14.5 Å². The molecule has 0 bridgehead atoms. The summed E-state index contributed by atoms with van der Waals surface area (Å²) in [6, 6.07) is 5.49. The van der Waals surface area contributed by atoms with Gasteiger partial charge in [0.1, 0.15) is 5.52 Å². The molecule has 0 unspecified atom stereocenters. The van der Waals surface area contributed by atoms with Crippen molar-refractivity contribution in [3.8, 4) is 17.2 Å². The number of aromatic nitrogens is 3. The maximum absolute atomic E-state index is 12.8. The third-order valence-electron chi connectivity index (χ3n) is 4.01. The topological polar surface area (TPSA) is 75.5 Å². The molecule has 3 aromatic rings. The zero-order valence-electron chi connectivity index (χ0n) is 14.4. The van der Waals surface area contributed by atoms with E-state index in [1.807, 2.05) is 12.1 Å². The molecule has 1 aromatic carbocycles. The third kappa shape index (κ3) is 3.13. The molecule has 0 aliphatic carbocycles. The van der Waals surface area contributed by atoms with Gasteiger partial charge < -0.3 is 14.2 Å². The van der Waals surface area contributed by atoms with Gasteiger partial charge in [-0.1, -0.05) is 0 Å². The predicted molar refractivity (Wildman–Crippen MR) is 93.6 cm³/mol. The van der Waals surface area contributed by atoms with Gasteiger partial charge in [0.2, 0.25) is 5.75 Å².